The van der Waals surface area contributed by atoms with Crippen LogP contribution in [0.1, 0.15) is 17.9 Å². The van der Waals surface area contributed by atoms with Crippen molar-refractivity contribution in [2.24, 2.45) is 0 Å². The van der Waals surface area contributed by atoms with Crippen molar-refractivity contribution in [1.82, 2.24) is 15.1 Å². The van der Waals surface area contributed by atoms with Gasteiger partial charge in [-0.1, -0.05) is 29.8 Å². The van der Waals surface area contributed by atoms with Gasteiger partial charge in [0.1, 0.15) is 0 Å². The first-order valence-corrected chi connectivity index (χ1v) is 8.69. The number of rotatable bonds is 4. The van der Waals surface area contributed by atoms with Crippen molar-refractivity contribution < 1.29 is 9.53 Å². The highest BCUT2D eigenvalue weighted by atomic mass is 35.5. The van der Waals surface area contributed by atoms with Crippen LogP contribution in [0.3, 0.4) is 0 Å². The summed E-state index contributed by atoms with van der Waals surface area (Å²) in [6.45, 7) is 6.59. The monoisotopic (exact) mass is 337 g/mol. The number of urea groups is 1. The molecule has 1 N–H and O–H groups in total. The maximum Gasteiger partial charge on any atom is 0.317 e. The van der Waals surface area contributed by atoms with E-state index >= 15 is 0 Å². The van der Waals surface area contributed by atoms with E-state index in [1.54, 1.807) is 0 Å². The second-order valence-electron chi connectivity index (χ2n) is 6.14. The standard InChI is InChI=1S/C17H24ClN3O2/c18-16-4-2-1-3-15(16)14-5-7-21(13-14)17(22)19-6-8-20-9-11-23-12-10-20/h1-4,14H,5-13H2,(H,19,22)/t14-/m1/s1. The summed E-state index contributed by atoms with van der Waals surface area (Å²) >= 11 is 6.27. The zero-order valence-electron chi connectivity index (χ0n) is 13.3. The van der Waals surface area contributed by atoms with Gasteiger partial charge in [0.2, 0.25) is 0 Å². The maximum absolute atomic E-state index is 12.3. The molecule has 6 heteroatoms. The van der Waals surface area contributed by atoms with Gasteiger partial charge in [-0.15, -0.1) is 0 Å². The Morgan fingerprint density at radius 2 is 2.04 bits per heavy atom. The Bertz CT molecular complexity index is 534. The normalized spacial score (nSPS) is 22.3. The molecule has 126 valence electrons. The third kappa shape index (κ3) is 4.37. The lowest BCUT2D eigenvalue weighted by Gasteiger charge is -2.27. The lowest BCUT2D eigenvalue weighted by molar-refractivity contribution is 0.0386. The molecule has 2 saturated heterocycles. The molecule has 1 aromatic carbocycles. The van der Waals surface area contributed by atoms with E-state index in [4.69, 9.17) is 16.3 Å². The highest BCUT2D eigenvalue weighted by Gasteiger charge is 2.28. The molecule has 2 aliphatic rings. The molecule has 1 aromatic rings. The number of ether oxygens (including phenoxy) is 1. The summed E-state index contributed by atoms with van der Waals surface area (Å²) in [6, 6.07) is 7.96. The van der Waals surface area contributed by atoms with Gasteiger partial charge in [-0.25, -0.2) is 4.79 Å². The van der Waals surface area contributed by atoms with Crippen LogP contribution >= 0.6 is 11.6 Å². The Morgan fingerprint density at radius 1 is 1.26 bits per heavy atom. The van der Waals surface area contributed by atoms with Crippen molar-refractivity contribution in [1.29, 1.82) is 0 Å². The number of carbonyl (C=O) groups is 1. The lowest BCUT2D eigenvalue weighted by atomic mass is 9.98. The number of morpholine rings is 1. The van der Waals surface area contributed by atoms with Crippen LogP contribution in [-0.2, 0) is 4.74 Å². The molecule has 0 aromatic heterocycles. The second kappa shape index (κ2) is 7.99. The number of carbonyl (C=O) groups excluding carboxylic acids is 1. The molecular weight excluding hydrogens is 314 g/mol. The van der Waals surface area contributed by atoms with E-state index in [0.29, 0.717) is 12.5 Å². The molecule has 0 aliphatic carbocycles. The summed E-state index contributed by atoms with van der Waals surface area (Å²) in [4.78, 5) is 16.5. The fourth-order valence-electron chi connectivity index (χ4n) is 3.26. The Labute approximate surface area is 142 Å². The molecule has 0 unspecified atom stereocenters. The second-order valence-corrected chi connectivity index (χ2v) is 6.55. The van der Waals surface area contributed by atoms with Crippen LogP contribution in [0.4, 0.5) is 4.79 Å². The van der Waals surface area contributed by atoms with E-state index in [1.807, 2.05) is 23.1 Å². The van der Waals surface area contributed by atoms with Crippen molar-refractivity contribution >= 4 is 17.6 Å². The summed E-state index contributed by atoms with van der Waals surface area (Å²) < 4.78 is 5.32. The van der Waals surface area contributed by atoms with Crippen LogP contribution in [-0.4, -0.2) is 68.3 Å². The summed E-state index contributed by atoms with van der Waals surface area (Å²) in [5, 5.41) is 3.83. The van der Waals surface area contributed by atoms with Crippen molar-refractivity contribution in [3.8, 4) is 0 Å². The number of amides is 2. The Hall–Kier alpha value is -1.30. The van der Waals surface area contributed by atoms with Gasteiger partial charge in [-0.05, 0) is 18.1 Å². The van der Waals surface area contributed by atoms with Gasteiger partial charge in [0.15, 0.2) is 0 Å². The number of likely N-dealkylation sites (tertiary alicyclic amines) is 1. The van der Waals surface area contributed by atoms with E-state index in [-0.39, 0.29) is 6.03 Å². The average Bonchev–Trinajstić information content (AvgIpc) is 3.06. The molecule has 2 aliphatic heterocycles. The van der Waals surface area contributed by atoms with Gasteiger partial charge in [0.05, 0.1) is 13.2 Å². The van der Waals surface area contributed by atoms with Gasteiger partial charge in [-0.2, -0.15) is 0 Å². The van der Waals surface area contributed by atoms with Gasteiger partial charge < -0.3 is 15.0 Å². The number of nitrogens with one attached hydrogen (secondary N) is 1. The van der Waals surface area contributed by atoms with Crippen molar-refractivity contribution in [3.05, 3.63) is 34.9 Å². The van der Waals surface area contributed by atoms with Crippen LogP contribution in [0.2, 0.25) is 5.02 Å². The zero-order chi connectivity index (χ0) is 16.1. The van der Waals surface area contributed by atoms with Gasteiger partial charge in [0, 0.05) is 50.2 Å². The fraction of sp³-hybridized carbons (Fsp3) is 0.588. The molecule has 0 bridgehead atoms. The topological polar surface area (TPSA) is 44.8 Å². The number of nitrogens with zero attached hydrogens (tertiary/aromatic N) is 2. The molecule has 5 nitrogen and oxygen atoms in total. The molecule has 3 rings (SSSR count). The largest absolute Gasteiger partial charge is 0.379 e. The van der Waals surface area contributed by atoms with Gasteiger partial charge >= 0.3 is 6.03 Å². The molecule has 2 amide bonds. The van der Waals surface area contributed by atoms with E-state index in [9.17, 15) is 4.79 Å². The molecule has 0 saturated carbocycles. The minimum absolute atomic E-state index is 0.0350. The number of benzene rings is 1. The number of hydrogen-bond donors (Lipinski definition) is 1. The molecule has 2 heterocycles. The predicted molar refractivity (Wildman–Crippen MR) is 91.0 cm³/mol. The van der Waals surface area contributed by atoms with E-state index in [2.05, 4.69) is 16.3 Å². The average molecular weight is 338 g/mol. The predicted octanol–water partition coefficient (Wildman–Crippen LogP) is 2.17. The third-order valence-corrected chi connectivity index (χ3v) is 4.97. The van der Waals surface area contributed by atoms with Crippen LogP contribution in [0, 0.1) is 0 Å². The quantitative estimate of drug-likeness (QED) is 0.916. The highest BCUT2D eigenvalue weighted by molar-refractivity contribution is 6.31. The zero-order valence-corrected chi connectivity index (χ0v) is 14.1. The molecule has 2 fully saturated rings. The van der Waals surface area contributed by atoms with Crippen LogP contribution in [0.25, 0.3) is 0 Å². The highest BCUT2D eigenvalue weighted by Crippen LogP contribution is 2.31. The number of halogens is 1. The maximum atomic E-state index is 12.3. The number of hydrogen-bond acceptors (Lipinski definition) is 3. The first-order chi connectivity index (χ1) is 11.2. The van der Waals surface area contributed by atoms with Crippen LogP contribution in [0.5, 0.6) is 0 Å². The SMILES string of the molecule is O=C(NCCN1CCOCC1)N1CC[C@@H](c2ccccc2Cl)C1. The summed E-state index contributed by atoms with van der Waals surface area (Å²) in [7, 11) is 0. The van der Waals surface area contributed by atoms with Crippen molar-refractivity contribution in [3.63, 3.8) is 0 Å². The van der Waals surface area contributed by atoms with Crippen molar-refractivity contribution in [2.45, 2.75) is 12.3 Å². The minimum Gasteiger partial charge on any atom is -0.379 e. The lowest BCUT2D eigenvalue weighted by Crippen LogP contribution is -2.44. The van der Waals surface area contributed by atoms with E-state index < -0.39 is 0 Å². The summed E-state index contributed by atoms with van der Waals surface area (Å²) in [5.41, 5.74) is 1.15. The first-order valence-electron chi connectivity index (χ1n) is 8.31. The van der Waals surface area contributed by atoms with Crippen molar-refractivity contribution in [2.75, 3.05) is 52.5 Å². The van der Waals surface area contributed by atoms with Gasteiger partial charge in [-0.3, -0.25) is 4.90 Å². The minimum atomic E-state index is 0.0350. The summed E-state index contributed by atoms with van der Waals surface area (Å²) in [5.74, 6) is 0.341. The molecule has 0 spiro atoms. The van der Waals surface area contributed by atoms with Gasteiger partial charge in [0.25, 0.3) is 0 Å². The third-order valence-electron chi connectivity index (χ3n) is 4.63. The Morgan fingerprint density at radius 3 is 2.83 bits per heavy atom. The summed E-state index contributed by atoms with van der Waals surface area (Å²) in [6.07, 6.45) is 0.973. The molecular formula is C17H24ClN3O2. The fourth-order valence-corrected chi connectivity index (χ4v) is 3.55. The molecule has 23 heavy (non-hydrogen) atoms. The van der Waals surface area contributed by atoms with E-state index in [0.717, 1.165) is 62.9 Å². The van der Waals surface area contributed by atoms with Crippen LogP contribution < -0.4 is 5.32 Å². The Kier molecular flexibility index (Phi) is 5.75. The van der Waals surface area contributed by atoms with E-state index in [1.165, 1.54) is 0 Å². The smallest absolute Gasteiger partial charge is 0.317 e. The molecule has 0 radical (unpaired) electrons. The first kappa shape index (κ1) is 16.6. The Balaban J connectivity index is 1.43. The van der Waals surface area contributed by atoms with Crippen LogP contribution in [0.15, 0.2) is 24.3 Å². The molecule has 1 atom stereocenters.